The van der Waals surface area contributed by atoms with Gasteiger partial charge in [0.15, 0.2) is 0 Å². The highest BCUT2D eigenvalue weighted by atomic mass is 35.5. The Morgan fingerprint density at radius 2 is 2.08 bits per heavy atom. The zero-order chi connectivity index (χ0) is 18.1. The van der Waals surface area contributed by atoms with Gasteiger partial charge in [0.25, 0.3) is 5.56 Å². The van der Waals surface area contributed by atoms with Gasteiger partial charge in [-0.25, -0.2) is 4.98 Å². The average Bonchev–Trinajstić information content (AvgIpc) is 3.16. The number of fused-ring (bicyclic) bond motifs is 1. The number of imidazole rings is 1. The molecule has 2 heterocycles. The Morgan fingerprint density at radius 3 is 2.85 bits per heavy atom. The quantitative estimate of drug-likeness (QED) is 0.590. The first-order valence-corrected chi connectivity index (χ1v) is 8.50. The Labute approximate surface area is 154 Å². The van der Waals surface area contributed by atoms with Gasteiger partial charge in [-0.1, -0.05) is 23.7 Å². The number of pyridine rings is 1. The minimum absolute atomic E-state index is 0.0716. The molecule has 0 saturated carbocycles. The molecule has 0 aliphatic heterocycles. The molecule has 4 rings (SSSR count). The summed E-state index contributed by atoms with van der Waals surface area (Å²) in [5, 5.41) is 1.55. The van der Waals surface area contributed by atoms with E-state index in [1.807, 2.05) is 42.5 Å². The number of ether oxygens (including phenoxy) is 1. The fourth-order valence-electron chi connectivity index (χ4n) is 2.95. The van der Waals surface area contributed by atoms with Crippen molar-refractivity contribution in [3.05, 3.63) is 82.1 Å². The van der Waals surface area contributed by atoms with Crippen LogP contribution in [0.1, 0.15) is 5.69 Å². The molecule has 0 radical (unpaired) electrons. The van der Waals surface area contributed by atoms with Crippen LogP contribution in [0.3, 0.4) is 0 Å². The number of nitrogens with zero attached hydrogens (tertiary/aromatic N) is 2. The maximum Gasteiger partial charge on any atom is 0.251 e. The highest BCUT2D eigenvalue weighted by Gasteiger charge is 2.11. The summed E-state index contributed by atoms with van der Waals surface area (Å²) in [6.45, 7) is 0.368. The smallest absolute Gasteiger partial charge is 0.251 e. The third kappa shape index (κ3) is 3.09. The van der Waals surface area contributed by atoms with Crippen LogP contribution in [0, 0.1) is 0 Å². The number of hydrogen-bond acceptors (Lipinski definition) is 3. The van der Waals surface area contributed by atoms with Crippen molar-refractivity contribution in [2.45, 2.75) is 6.61 Å². The molecule has 4 aromatic rings. The van der Waals surface area contributed by atoms with Gasteiger partial charge in [-0.3, -0.25) is 4.79 Å². The van der Waals surface area contributed by atoms with E-state index in [9.17, 15) is 4.79 Å². The summed E-state index contributed by atoms with van der Waals surface area (Å²) in [7, 11) is 1.76. The van der Waals surface area contributed by atoms with Crippen LogP contribution in [0.2, 0.25) is 5.02 Å². The molecule has 6 heteroatoms. The number of nitrogens with one attached hydrogen (secondary N) is 1. The number of H-pyrrole nitrogens is 1. The predicted molar refractivity (Wildman–Crippen MR) is 103 cm³/mol. The average molecular weight is 366 g/mol. The van der Waals surface area contributed by atoms with Crippen LogP contribution in [-0.2, 0) is 13.7 Å². The van der Waals surface area contributed by atoms with Crippen LogP contribution >= 0.6 is 11.6 Å². The van der Waals surface area contributed by atoms with Gasteiger partial charge in [-0.15, -0.1) is 0 Å². The normalized spacial score (nSPS) is 11.0. The van der Waals surface area contributed by atoms with Gasteiger partial charge in [-0.05, 0) is 41.5 Å². The Morgan fingerprint density at radius 1 is 1.19 bits per heavy atom. The largest absolute Gasteiger partial charge is 0.487 e. The topological polar surface area (TPSA) is 59.9 Å². The van der Waals surface area contributed by atoms with Crippen LogP contribution in [0.15, 0.2) is 65.8 Å². The van der Waals surface area contributed by atoms with E-state index in [2.05, 4.69) is 9.97 Å². The summed E-state index contributed by atoms with van der Waals surface area (Å²) >= 11 is 6.14. The van der Waals surface area contributed by atoms with Crippen molar-refractivity contribution in [3.63, 3.8) is 0 Å². The Balaban J connectivity index is 1.83. The van der Waals surface area contributed by atoms with E-state index in [4.69, 9.17) is 16.3 Å². The summed E-state index contributed by atoms with van der Waals surface area (Å²) in [4.78, 5) is 19.4. The van der Waals surface area contributed by atoms with Crippen molar-refractivity contribution < 1.29 is 4.74 Å². The molecule has 0 saturated heterocycles. The first-order valence-electron chi connectivity index (χ1n) is 8.12. The molecule has 0 bridgehead atoms. The fourth-order valence-corrected chi connectivity index (χ4v) is 3.14. The Hall–Kier alpha value is -3.05. The minimum atomic E-state index is -0.0716. The highest BCUT2D eigenvalue weighted by Crippen LogP contribution is 2.31. The van der Waals surface area contributed by atoms with Crippen molar-refractivity contribution in [2.75, 3.05) is 0 Å². The molecule has 0 spiro atoms. The van der Waals surface area contributed by atoms with Crippen LogP contribution < -0.4 is 10.3 Å². The van der Waals surface area contributed by atoms with Gasteiger partial charge < -0.3 is 14.3 Å². The number of halogens is 1. The van der Waals surface area contributed by atoms with Crippen molar-refractivity contribution in [3.8, 4) is 16.9 Å². The lowest BCUT2D eigenvalue weighted by atomic mass is 10.0. The van der Waals surface area contributed by atoms with E-state index >= 15 is 0 Å². The summed E-state index contributed by atoms with van der Waals surface area (Å²) < 4.78 is 7.47. The molecular weight excluding hydrogens is 350 g/mol. The van der Waals surface area contributed by atoms with Crippen molar-refractivity contribution in [1.82, 2.24) is 14.5 Å². The van der Waals surface area contributed by atoms with E-state index in [0.29, 0.717) is 17.4 Å². The van der Waals surface area contributed by atoms with Gasteiger partial charge in [0.1, 0.15) is 12.4 Å². The van der Waals surface area contributed by atoms with Crippen molar-refractivity contribution in [1.29, 1.82) is 0 Å². The van der Waals surface area contributed by atoms with Crippen LogP contribution in [0.4, 0.5) is 0 Å². The minimum Gasteiger partial charge on any atom is -0.487 e. The summed E-state index contributed by atoms with van der Waals surface area (Å²) in [6, 6.07) is 14.8. The molecule has 0 atom stereocenters. The zero-order valence-electron chi connectivity index (χ0n) is 14.1. The second-order valence-corrected chi connectivity index (χ2v) is 6.43. The number of aromatic nitrogens is 3. The van der Waals surface area contributed by atoms with Crippen LogP contribution in [-0.4, -0.2) is 14.5 Å². The number of aryl methyl sites for hydroxylation is 1. The SMILES string of the molecule is Cn1c(=O)cc(-c2cccc(Cl)c2)c2cc(OCc3c[nH]cn3)ccc21. The molecule has 1 N–H and O–H groups in total. The summed E-state index contributed by atoms with van der Waals surface area (Å²) in [5.74, 6) is 0.711. The third-order valence-electron chi connectivity index (χ3n) is 4.30. The molecule has 0 aliphatic rings. The lowest BCUT2D eigenvalue weighted by molar-refractivity contribution is 0.302. The second-order valence-electron chi connectivity index (χ2n) is 5.99. The van der Waals surface area contributed by atoms with Gasteiger partial charge in [0, 0.05) is 29.7 Å². The Bertz CT molecular complexity index is 1130. The maximum absolute atomic E-state index is 12.4. The molecule has 2 aromatic heterocycles. The van der Waals surface area contributed by atoms with Crippen LogP contribution in [0.25, 0.3) is 22.0 Å². The lowest BCUT2D eigenvalue weighted by Gasteiger charge is -2.13. The molecule has 5 nitrogen and oxygen atoms in total. The molecule has 26 heavy (non-hydrogen) atoms. The number of aromatic amines is 1. The van der Waals surface area contributed by atoms with E-state index in [0.717, 1.165) is 27.7 Å². The predicted octanol–water partition coefficient (Wildman–Crippen LogP) is 4.16. The number of benzene rings is 2. The van der Waals surface area contributed by atoms with Gasteiger partial charge in [0.05, 0.1) is 17.5 Å². The molecule has 130 valence electrons. The third-order valence-corrected chi connectivity index (χ3v) is 4.53. The monoisotopic (exact) mass is 365 g/mol. The van der Waals surface area contributed by atoms with Crippen molar-refractivity contribution in [2.24, 2.45) is 7.05 Å². The molecule has 0 aliphatic carbocycles. The van der Waals surface area contributed by atoms with Gasteiger partial charge >= 0.3 is 0 Å². The van der Waals surface area contributed by atoms with Crippen LogP contribution in [0.5, 0.6) is 5.75 Å². The van der Waals surface area contributed by atoms with E-state index in [-0.39, 0.29) is 5.56 Å². The van der Waals surface area contributed by atoms with Gasteiger partial charge in [-0.2, -0.15) is 0 Å². The molecule has 0 unspecified atom stereocenters. The second kappa shape index (κ2) is 6.69. The van der Waals surface area contributed by atoms with E-state index in [1.54, 1.807) is 30.2 Å². The standard InChI is InChI=1S/C20H16ClN3O2/c1-24-19-6-5-16(26-11-15-10-22-12-23-15)8-18(19)17(9-20(24)25)13-3-2-4-14(21)7-13/h2-10,12H,11H2,1H3,(H,22,23). The first-order chi connectivity index (χ1) is 12.6. The van der Waals surface area contributed by atoms with Crippen molar-refractivity contribution >= 4 is 22.5 Å². The molecule has 2 aromatic carbocycles. The number of rotatable bonds is 4. The number of hydrogen-bond donors (Lipinski definition) is 1. The van der Waals surface area contributed by atoms with E-state index in [1.165, 1.54) is 0 Å². The lowest BCUT2D eigenvalue weighted by Crippen LogP contribution is -2.16. The molecule has 0 amide bonds. The maximum atomic E-state index is 12.4. The Kier molecular flexibility index (Phi) is 4.22. The van der Waals surface area contributed by atoms with Gasteiger partial charge in [0.2, 0.25) is 0 Å². The summed E-state index contributed by atoms with van der Waals surface area (Å²) in [5.41, 5.74) is 3.30. The van der Waals surface area contributed by atoms with E-state index < -0.39 is 0 Å². The molecule has 0 fully saturated rings. The molecular formula is C20H16ClN3O2. The summed E-state index contributed by atoms with van der Waals surface area (Å²) in [6.07, 6.45) is 3.41. The fraction of sp³-hybridized carbons (Fsp3) is 0.100. The zero-order valence-corrected chi connectivity index (χ0v) is 14.8. The first kappa shape index (κ1) is 16.4. The highest BCUT2D eigenvalue weighted by molar-refractivity contribution is 6.30.